The second-order valence-corrected chi connectivity index (χ2v) is 11.0. The van der Waals surface area contributed by atoms with E-state index in [1.807, 2.05) is 0 Å². The van der Waals surface area contributed by atoms with Gasteiger partial charge in [-0.25, -0.2) is 0 Å². The molecule has 3 nitrogen and oxygen atoms in total. The molecule has 7 atom stereocenters. The average Bonchev–Trinajstić information content (AvgIpc) is 3.04. The van der Waals surface area contributed by atoms with Crippen molar-refractivity contribution in [2.45, 2.75) is 104 Å². The van der Waals surface area contributed by atoms with Crippen molar-refractivity contribution in [3.05, 3.63) is 35.5 Å². The molecule has 0 bridgehead atoms. The zero-order valence-electron chi connectivity index (χ0n) is 19.6. The molecule has 3 N–H and O–H groups in total. The normalized spacial score (nSPS) is 39.5. The van der Waals surface area contributed by atoms with Crippen molar-refractivity contribution in [3.63, 3.8) is 0 Å². The second-order valence-electron chi connectivity index (χ2n) is 11.0. The first-order chi connectivity index (χ1) is 14.1. The van der Waals surface area contributed by atoms with E-state index in [1.54, 1.807) is 5.57 Å². The van der Waals surface area contributed by atoms with Gasteiger partial charge in [-0.3, -0.25) is 0 Å². The summed E-state index contributed by atoms with van der Waals surface area (Å²) < 4.78 is 0. The van der Waals surface area contributed by atoms with Crippen LogP contribution in [-0.4, -0.2) is 33.6 Å². The molecule has 3 fully saturated rings. The van der Waals surface area contributed by atoms with Crippen LogP contribution in [0.4, 0.5) is 0 Å². The van der Waals surface area contributed by atoms with Crippen LogP contribution >= 0.6 is 0 Å². The molecule has 3 unspecified atom stereocenters. The van der Waals surface area contributed by atoms with Crippen LogP contribution in [0.2, 0.25) is 0 Å². The van der Waals surface area contributed by atoms with E-state index in [2.05, 4.69) is 46.4 Å². The van der Waals surface area contributed by atoms with Gasteiger partial charge in [0, 0.05) is 6.42 Å². The molecular formula is C27H44O3. The molecule has 3 heteroatoms. The average molecular weight is 417 g/mol. The Morgan fingerprint density at radius 1 is 1.13 bits per heavy atom. The summed E-state index contributed by atoms with van der Waals surface area (Å²) in [4.78, 5) is 0. The van der Waals surface area contributed by atoms with Gasteiger partial charge in [-0.05, 0) is 91.6 Å². The molecule has 170 valence electrons. The summed E-state index contributed by atoms with van der Waals surface area (Å²) in [7, 11) is 0. The molecule has 0 saturated heterocycles. The van der Waals surface area contributed by atoms with Crippen molar-refractivity contribution in [1.82, 2.24) is 0 Å². The van der Waals surface area contributed by atoms with Crippen LogP contribution in [0, 0.1) is 29.1 Å². The molecule has 0 aromatic carbocycles. The van der Waals surface area contributed by atoms with Gasteiger partial charge in [-0.2, -0.15) is 0 Å². The highest BCUT2D eigenvalue weighted by atomic mass is 16.3. The Morgan fingerprint density at radius 3 is 2.57 bits per heavy atom. The van der Waals surface area contributed by atoms with E-state index in [4.69, 9.17) is 0 Å². The molecule has 0 aliphatic heterocycles. The number of rotatable bonds is 6. The van der Waals surface area contributed by atoms with Crippen LogP contribution in [0.3, 0.4) is 0 Å². The number of hydrogen-bond donors (Lipinski definition) is 3. The van der Waals surface area contributed by atoms with E-state index in [1.165, 1.54) is 25.7 Å². The lowest BCUT2D eigenvalue weighted by atomic mass is 9.60. The highest BCUT2D eigenvalue weighted by molar-refractivity contribution is 5.38. The zero-order valence-corrected chi connectivity index (χ0v) is 19.6. The summed E-state index contributed by atoms with van der Waals surface area (Å²) >= 11 is 0. The van der Waals surface area contributed by atoms with Crippen molar-refractivity contribution in [2.24, 2.45) is 29.1 Å². The fourth-order valence-electron chi connectivity index (χ4n) is 6.65. The maximum Gasteiger partial charge on any atom is 0.0811 e. The summed E-state index contributed by atoms with van der Waals surface area (Å²) in [6, 6.07) is 0. The van der Waals surface area contributed by atoms with Crippen molar-refractivity contribution < 1.29 is 15.3 Å². The summed E-state index contributed by atoms with van der Waals surface area (Å²) in [6.07, 6.45) is 12.4. The maximum atomic E-state index is 10.3. The van der Waals surface area contributed by atoms with Gasteiger partial charge in [0.2, 0.25) is 0 Å². The summed E-state index contributed by atoms with van der Waals surface area (Å²) in [5.41, 5.74) is 3.69. The molecule has 3 aliphatic rings. The molecule has 0 aromatic rings. The van der Waals surface area contributed by atoms with Gasteiger partial charge in [-0.1, -0.05) is 52.0 Å². The molecule has 30 heavy (non-hydrogen) atoms. The van der Waals surface area contributed by atoms with Crippen LogP contribution < -0.4 is 0 Å². The van der Waals surface area contributed by atoms with Crippen molar-refractivity contribution in [2.75, 3.05) is 0 Å². The van der Waals surface area contributed by atoms with Crippen LogP contribution in [0.15, 0.2) is 35.5 Å². The number of aliphatic hydroxyl groups is 3. The van der Waals surface area contributed by atoms with E-state index < -0.39 is 12.2 Å². The topological polar surface area (TPSA) is 60.7 Å². The van der Waals surface area contributed by atoms with Gasteiger partial charge in [-0.15, -0.1) is 0 Å². The van der Waals surface area contributed by atoms with Crippen LogP contribution in [0.25, 0.3) is 0 Å². The van der Waals surface area contributed by atoms with Gasteiger partial charge < -0.3 is 15.3 Å². The molecule has 0 amide bonds. The lowest BCUT2D eigenvalue weighted by molar-refractivity contribution is 0.0717. The second kappa shape index (κ2) is 9.71. The molecule has 0 spiro atoms. The Labute approximate surface area is 184 Å². The number of aliphatic hydroxyl groups excluding tert-OH is 3. The van der Waals surface area contributed by atoms with E-state index in [0.29, 0.717) is 36.0 Å². The lowest BCUT2D eigenvalue weighted by Crippen LogP contribution is -2.36. The van der Waals surface area contributed by atoms with Crippen molar-refractivity contribution >= 4 is 0 Å². The fourth-order valence-corrected chi connectivity index (χ4v) is 6.65. The monoisotopic (exact) mass is 416 g/mol. The Hall–Kier alpha value is -0.900. The quantitative estimate of drug-likeness (QED) is 0.531. The third-order valence-corrected chi connectivity index (χ3v) is 8.68. The molecule has 3 aliphatic carbocycles. The van der Waals surface area contributed by atoms with Gasteiger partial charge in [0.15, 0.2) is 0 Å². The molecule has 3 rings (SSSR count). The number of allylic oxidation sites excluding steroid dienone is 3. The van der Waals surface area contributed by atoms with E-state index >= 15 is 0 Å². The zero-order chi connectivity index (χ0) is 22.1. The van der Waals surface area contributed by atoms with Crippen LogP contribution in [0.1, 0.15) is 85.5 Å². The minimum atomic E-state index is -0.618. The predicted octanol–water partition coefficient (Wildman–Crippen LogP) is 5.56. The predicted molar refractivity (Wildman–Crippen MR) is 124 cm³/mol. The van der Waals surface area contributed by atoms with E-state index in [0.717, 1.165) is 36.3 Å². The van der Waals surface area contributed by atoms with Crippen LogP contribution in [-0.2, 0) is 0 Å². The highest BCUT2D eigenvalue weighted by Gasteiger charge is 2.50. The van der Waals surface area contributed by atoms with E-state index in [-0.39, 0.29) is 6.10 Å². The Bertz CT molecular complexity index is 676. The summed E-state index contributed by atoms with van der Waals surface area (Å²) in [5.74, 6) is 2.35. The summed E-state index contributed by atoms with van der Waals surface area (Å²) in [6.45, 7) is 13.2. The molecule has 0 radical (unpaired) electrons. The van der Waals surface area contributed by atoms with E-state index in [9.17, 15) is 15.3 Å². The van der Waals surface area contributed by atoms with Gasteiger partial charge in [0.05, 0.1) is 18.3 Å². The first-order valence-electron chi connectivity index (χ1n) is 12.3. The van der Waals surface area contributed by atoms with Gasteiger partial charge in [0.25, 0.3) is 0 Å². The molecule has 0 aromatic heterocycles. The third kappa shape index (κ3) is 4.95. The Balaban J connectivity index is 1.72. The molecule has 3 saturated carbocycles. The Kier molecular flexibility index (Phi) is 7.69. The molecule has 0 heterocycles. The summed E-state index contributed by atoms with van der Waals surface area (Å²) in [5, 5.41) is 30.4. The lowest BCUT2D eigenvalue weighted by Gasteiger charge is -2.44. The standard InChI is InChI=1S/C27H44O3/c1-17(2)25(29)13-8-18(3)23-11-12-24-20(7-6-14-27(23,24)5)9-10-21-15-22(28)16-26(30)19(21)4/h9-10,17-18,22-26,28-30H,4,6-8,11-16H2,1-3,5H3/b20-9?,21-10-/t18-,22-,23-,24?,25?,26?,27-/m1/s1. The van der Waals surface area contributed by atoms with Gasteiger partial charge in [0.1, 0.15) is 0 Å². The molecular weight excluding hydrogens is 372 g/mol. The fraction of sp³-hybridized carbons (Fsp3) is 0.778. The number of fused-ring (bicyclic) bond motifs is 1. The third-order valence-electron chi connectivity index (χ3n) is 8.68. The van der Waals surface area contributed by atoms with Gasteiger partial charge >= 0.3 is 0 Å². The van der Waals surface area contributed by atoms with Crippen molar-refractivity contribution in [1.29, 1.82) is 0 Å². The first kappa shape index (κ1) is 23.8. The number of hydrogen-bond acceptors (Lipinski definition) is 3. The highest BCUT2D eigenvalue weighted by Crippen LogP contribution is 2.60. The first-order valence-corrected chi connectivity index (χ1v) is 12.3. The minimum Gasteiger partial charge on any atom is -0.393 e. The minimum absolute atomic E-state index is 0.180. The van der Waals surface area contributed by atoms with Crippen molar-refractivity contribution in [3.8, 4) is 0 Å². The Morgan fingerprint density at radius 2 is 1.87 bits per heavy atom. The SMILES string of the molecule is C=C1/C(=C\C=C2CCC[C@@]3(C)C2CC[C@@H]3[C@H](C)CCC(O)C(C)C)C[C@@H](O)CC1O. The van der Waals surface area contributed by atoms with Crippen LogP contribution in [0.5, 0.6) is 0 Å². The smallest absolute Gasteiger partial charge is 0.0811 e. The maximum absolute atomic E-state index is 10.3. The largest absolute Gasteiger partial charge is 0.393 e.